The lowest BCUT2D eigenvalue weighted by Gasteiger charge is -2.57. The van der Waals surface area contributed by atoms with Crippen LogP contribution in [0, 0.1) is 23.2 Å². The van der Waals surface area contributed by atoms with Gasteiger partial charge in [-0.3, -0.25) is 4.79 Å². The predicted molar refractivity (Wildman–Crippen MR) is 96.8 cm³/mol. The highest BCUT2D eigenvalue weighted by Gasteiger charge is 2.51. The van der Waals surface area contributed by atoms with E-state index in [0.29, 0.717) is 0 Å². The first-order chi connectivity index (χ1) is 11.3. The van der Waals surface area contributed by atoms with E-state index >= 15 is 0 Å². The highest BCUT2D eigenvalue weighted by molar-refractivity contribution is 5.94. The highest BCUT2D eigenvalue weighted by atomic mass is 16.2. The third-order valence-electron chi connectivity index (χ3n) is 6.13. The molecule has 5 rings (SSSR count). The van der Waals surface area contributed by atoms with Gasteiger partial charge in [-0.05, 0) is 68.4 Å². The van der Waals surface area contributed by atoms with E-state index in [2.05, 4.69) is 15.6 Å². The second kappa shape index (κ2) is 5.47. The smallest absolute Gasteiger partial charge is 0.229 e. The Morgan fingerprint density at radius 2 is 1.67 bits per heavy atom. The van der Waals surface area contributed by atoms with Crippen LogP contribution < -0.4 is 10.6 Å². The Labute approximate surface area is 144 Å². The van der Waals surface area contributed by atoms with Crippen molar-refractivity contribution in [3.8, 4) is 0 Å². The first-order valence-electron chi connectivity index (χ1n) is 9.37. The highest BCUT2D eigenvalue weighted by Crippen LogP contribution is 2.56. The first kappa shape index (κ1) is 15.9. The number of aromatic nitrogens is 1. The van der Waals surface area contributed by atoms with Crippen molar-refractivity contribution < 1.29 is 4.79 Å². The van der Waals surface area contributed by atoms with Gasteiger partial charge in [0.1, 0.15) is 5.82 Å². The number of nitrogens with zero attached hydrogens (tertiary/aromatic N) is 1. The summed E-state index contributed by atoms with van der Waals surface area (Å²) in [6.07, 6.45) is 10.0. The molecule has 4 nitrogen and oxygen atoms in total. The fourth-order valence-corrected chi connectivity index (χ4v) is 5.40. The lowest BCUT2D eigenvalue weighted by Crippen LogP contribution is -2.54. The standard InChI is InChI=1S/C20H29N3O/c1-19(2,3)18(24)22-16-4-5-17(21-12-16)23-20-9-13-6-14(10-20)8-15(7-13)11-20/h4-5,12-15H,6-11H2,1-3H3,(H,21,23)(H,22,24). The van der Waals surface area contributed by atoms with E-state index in [9.17, 15) is 4.79 Å². The molecular formula is C20H29N3O. The summed E-state index contributed by atoms with van der Waals surface area (Å²) in [5.41, 5.74) is 0.652. The SMILES string of the molecule is CC(C)(C)C(=O)Nc1ccc(NC23CC4CC(CC(C4)C2)C3)nc1. The average molecular weight is 327 g/mol. The molecule has 1 aromatic heterocycles. The molecule has 1 amide bonds. The minimum Gasteiger partial charge on any atom is -0.365 e. The van der Waals surface area contributed by atoms with Gasteiger partial charge >= 0.3 is 0 Å². The minimum absolute atomic E-state index is 0.0195. The molecule has 4 fully saturated rings. The second-order valence-corrected chi connectivity index (χ2v) is 9.46. The zero-order valence-corrected chi connectivity index (χ0v) is 15.1. The van der Waals surface area contributed by atoms with E-state index in [1.54, 1.807) is 6.20 Å². The fourth-order valence-electron chi connectivity index (χ4n) is 5.40. The maximum absolute atomic E-state index is 12.1. The van der Waals surface area contributed by atoms with Gasteiger partial charge in [0.15, 0.2) is 0 Å². The molecular weight excluding hydrogens is 298 g/mol. The molecule has 1 aromatic rings. The molecule has 4 aliphatic carbocycles. The van der Waals surface area contributed by atoms with Crippen LogP contribution in [-0.4, -0.2) is 16.4 Å². The lowest BCUT2D eigenvalue weighted by molar-refractivity contribution is -0.123. The molecule has 0 saturated heterocycles. The molecule has 0 spiro atoms. The van der Waals surface area contributed by atoms with Crippen LogP contribution in [0.5, 0.6) is 0 Å². The van der Waals surface area contributed by atoms with E-state index in [0.717, 1.165) is 29.3 Å². The van der Waals surface area contributed by atoms with E-state index in [1.165, 1.54) is 38.5 Å². The van der Waals surface area contributed by atoms with Gasteiger partial charge in [-0.2, -0.15) is 0 Å². The van der Waals surface area contributed by atoms with E-state index in [4.69, 9.17) is 0 Å². The number of hydrogen-bond donors (Lipinski definition) is 2. The normalized spacial score (nSPS) is 34.2. The summed E-state index contributed by atoms with van der Waals surface area (Å²) in [4.78, 5) is 16.6. The largest absolute Gasteiger partial charge is 0.365 e. The van der Waals surface area contributed by atoms with Crippen LogP contribution in [0.15, 0.2) is 18.3 Å². The number of carbonyl (C=O) groups excluding carboxylic acids is 1. The van der Waals surface area contributed by atoms with Crippen molar-refractivity contribution in [1.29, 1.82) is 0 Å². The maximum atomic E-state index is 12.1. The Kier molecular flexibility index (Phi) is 3.63. The number of rotatable bonds is 3. The molecule has 0 atom stereocenters. The van der Waals surface area contributed by atoms with Gasteiger partial charge in [0.2, 0.25) is 5.91 Å². The molecule has 2 N–H and O–H groups in total. The predicted octanol–water partition coefficient (Wildman–Crippen LogP) is 4.45. The summed E-state index contributed by atoms with van der Waals surface area (Å²) >= 11 is 0. The molecule has 0 radical (unpaired) electrons. The topological polar surface area (TPSA) is 54.0 Å². The fraction of sp³-hybridized carbons (Fsp3) is 0.700. The number of pyridine rings is 1. The van der Waals surface area contributed by atoms with Crippen molar-refractivity contribution in [2.45, 2.75) is 64.8 Å². The lowest BCUT2D eigenvalue weighted by atomic mass is 9.53. The van der Waals surface area contributed by atoms with Gasteiger partial charge in [-0.15, -0.1) is 0 Å². The van der Waals surface area contributed by atoms with Crippen molar-refractivity contribution in [2.75, 3.05) is 10.6 Å². The molecule has 0 aliphatic heterocycles. The summed E-state index contributed by atoms with van der Waals surface area (Å²) in [6.45, 7) is 5.75. The van der Waals surface area contributed by atoms with Gasteiger partial charge in [0.25, 0.3) is 0 Å². The monoisotopic (exact) mass is 327 g/mol. The third-order valence-corrected chi connectivity index (χ3v) is 6.13. The summed E-state index contributed by atoms with van der Waals surface area (Å²) in [5.74, 6) is 3.74. The Balaban J connectivity index is 1.44. The molecule has 130 valence electrons. The van der Waals surface area contributed by atoms with E-state index in [1.807, 2.05) is 32.9 Å². The summed E-state index contributed by atoms with van der Waals surface area (Å²) in [6, 6.07) is 3.97. The maximum Gasteiger partial charge on any atom is 0.229 e. The molecule has 24 heavy (non-hydrogen) atoms. The molecule has 1 heterocycles. The van der Waals surface area contributed by atoms with Crippen LogP contribution in [-0.2, 0) is 4.79 Å². The van der Waals surface area contributed by atoms with Crippen LogP contribution in [0.3, 0.4) is 0 Å². The molecule has 0 unspecified atom stereocenters. The summed E-state index contributed by atoms with van der Waals surface area (Å²) < 4.78 is 0. The molecule has 0 aromatic carbocycles. The summed E-state index contributed by atoms with van der Waals surface area (Å²) in [7, 11) is 0. The van der Waals surface area contributed by atoms with Crippen LogP contribution in [0.25, 0.3) is 0 Å². The first-order valence-corrected chi connectivity index (χ1v) is 9.37. The van der Waals surface area contributed by atoms with E-state index < -0.39 is 5.41 Å². The zero-order valence-electron chi connectivity index (χ0n) is 15.1. The Morgan fingerprint density at radius 3 is 2.12 bits per heavy atom. The zero-order chi connectivity index (χ0) is 16.9. The number of nitrogens with one attached hydrogen (secondary N) is 2. The summed E-state index contributed by atoms with van der Waals surface area (Å²) in [5, 5.41) is 6.71. The molecule has 4 saturated carbocycles. The van der Waals surface area contributed by atoms with Crippen molar-refractivity contribution in [3.63, 3.8) is 0 Å². The third kappa shape index (κ3) is 3.03. The average Bonchev–Trinajstić information content (AvgIpc) is 2.46. The quantitative estimate of drug-likeness (QED) is 0.862. The number of amides is 1. The van der Waals surface area contributed by atoms with Gasteiger partial charge < -0.3 is 10.6 Å². The van der Waals surface area contributed by atoms with Gasteiger partial charge in [-0.25, -0.2) is 4.98 Å². The van der Waals surface area contributed by atoms with Crippen molar-refractivity contribution in [2.24, 2.45) is 23.2 Å². The number of carbonyl (C=O) groups is 1. The molecule has 4 heteroatoms. The van der Waals surface area contributed by atoms with E-state index in [-0.39, 0.29) is 11.4 Å². The van der Waals surface area contributed by atoms with Crippen LogP contribution in [0.2, 0.25) is 0 Å². The Hall–Kier alpha value is -1.58. The van der Waals surface area contributed by atoms with Crippen LogP contribution in [0.1, 0.15) is 59.3 Å². The minimum atomic E-state index is -0.393. The number of anilines is 2. The van der Waals surface area contributed by atoms with Crippen LogP contribution in [0.4, 0.5) is 11.5 Å². The Morgan fingerprint density at radius 1 is 1.08 bits per heavy atom. The molecule has 4 aliphatic rings. The van der Waals surface area contributed by atoms with Crippen LogP contribution >= 0.6 is 0 Å². The Bertz CT molecular complexity index is 594. The van der Waals surface area contributed by atoms with Gasteiger partial charge in [-0.1, -0.05) is 20.8 Å². The van der Waals surface area contributed by atoms with Gasteiger partial charge in [0, 0.05) is 11.0 Å². The van der Waals surface area contributed by atoms with Crippen molar-refractivity contribution in [1.82, 2.24) is 4.98 Å². The van der Waals surface area contributed by atoms with Crippen molar-refractivity contribution >= 4 is 17.4 Å². The van der Waals surface area contributed by atoms with Crippen molar-refractivity contribution in [3.05, 3.63) is 18.3 Å². The van der Waals surface area contributed by atoms with Gasteiger partial charge in [0.05, 0.1) is 11.9 Å². The second-order valence-electron chi connectivity index (χ2n) is 9.46. The molecule has 4 bridgehead atoms. The number of hydrogen-bond acceptors (Lipinski definition) is 3.